The van der Waals surface area contributed by atoms with E-state index in [-0.39, 0.29) is 26.1 Å². The minimum atomic E-state index is -1.61. The van der Waals surface area contributed by atoms with Crippen LogP contribution in [0, 0.1) is 0 Å². The van der Waals surface area contributed by atoms with Crippen molar-refractivity contribution in [2.24, 2.45) is 0 Å². The van der Waals surface area contributed by atoms with Gasteiger partial charge in [-0.15, -0.1) is 0 Å². The number of carbonyl (C=O) groups excluding carboxylic acids is 2. The number of aliphatic hydroxyl groups is 4. The number of ether oxygens (including phenoxy) is 4. The second kappa shape index (κ2) is 44.0. The molecular weight excluding hydrogens is 809 g/mol. The monoisotopic (exact) mass is 901 g/mol. The molecule has 1 saturated heterocycles. The Bertz CT molecular complexity index is 1270. The third kappa shape index (κ3) is 34.5. The zero-order valence-electron chi connectivity index (χ0n) is 40.3. The van der Waals surface area contributed by atoms with Gasteiger partial charge in [0, 0.05) is 12.8 Å². The molecule has 1 aliphatic heterocycles. The number of unbranched alkanes of at least 4 members (excludes halogenated alkanes) is 19. The van der Waals surface area contributed by atoms with Gasteiger partial charge in [-0.3, -0.25) is 9.59 Å². The summed E-state index contributed by atoms with van der Waals surface area (Å²) in [4.78, 5) is 25.4. The highest BCUT2D eigenvalue weighted by Gasteiger charge is 2.44. The van der Waals surface area contributed by atoms with Crippen LogP contribution in [0.5, 0.6) is 0 Å². The molecule has 368 valence electrons. The largest absolute Gasteiger partial charge is 0.462 e. The van der Waals surface area contributed by atoms with Gasteiger partial charge in [-0.25, -0.2) is 0 Å². The number of hydrogen-bond donors (Lipinski definition) is 4. The summed E-state index contributed by atoms with van der Waals surface area (Å²) < 4.78 is 22.1. The normalized spacial score (nSPS) is 20.0. The average Bonchev–Trinajstić information content (AvgIpc) is 3.29. The zero-order valence-corrected chi connectivity index (χ0v) is 40.3. The molecule has 4 N–H and O–H groups in total. The summed E-state index contributed by atoms with van der Waals surface area (Å²) in [6, 6.07) is 0. The summed E-state index contributed by atoms with van der Waals surface area (Å²) in [5.41, 5.74) is 0. The topological polar surface area (TPSA) is 152 Å². The Morgan fingerprint density at radius 3 is 1.36 bits per heavy atom. The van der Waals surface area contributed by atoms with Gasteiger partial charge in [0.05, 0.1) is 13.2 Å². The third-order valence-electron chi connectivity index (χ3n) is 11.4. The van der Waals surface area contributed by atoms with E-state index in [2.05, 4.69) is 74.6 Å². The summed E-state index contributed by atoms with van der Waals surface area (Å²) >= 11 is 0. The Hall–Kier alpha value is -2.86. The van der Waals surface area contributed by atoms with Crippen LogP contribution in [0.4, 0.5) is 0 Å². The molecule has 0 bridgehead atoms. The highest BCUT2D eigenvalue weighted by molar-refractivity contribution is 5.70. The first kappa shape index (κ1) is 59.2. The van der Waals surface area contributed by atoms with E-state index < -0.39 is 55.4 Å². The van der Waals surface area contributed by atoms with Crippen LogP contribution in [0.2, 0.25) is 0 Å². The fourth-order valence-corrected chi connectivity index (χ4v) is 7.39. The maximum atomic E-state index is 12.8. The summed E-state index contributed by atoms with van der Waals surface area (Å²) in [7, 11) is 0. The van der Waals surface area contributed by atoms with E-state index in [0.717, 1.165) is 57.8 Å². The summed E-state index contributed by atoms with van der Waals surface area (Å²) in [6.45, 7) is 3.25. The molecule has 0 spiro atoms. The van der Waals surface area contributed by atoms with E-state index >= 15 is 0 Å². The van der Waals surface area contributed by atoms with Crippen LogP contribution in [0.1, 0.15) is 200 Å². The van der Waals surface area contributed by atoms with Crippen LogP contribution >= 0.6 is 0 Å². The van der Waals surface area contributed by atoms with Gasteiger partial charge in [-0.1, -0.05) is 209 Å². The first-order chi connectivity index (χ1) is 31.3. The molecule has 0 amide bonds. The van der Waals surface area contributed by atoms with E-state index in [1.165, 1.54) is 109 Å². The van der Waals surface area contributed by atoms with Crippen molar-refractivity contribution in [1.29, 1.82) is 0 Å². The van der Waals surface area contributed by atoms with Crippen molar-refractivity contribution in [1.82, 2.24) is 0 Å². The predicted octanol–water partition coefficient (Wildman–Crippen LogP) is 11.9. The maximum Gasteiger partial charge on any atom is 0.306 e. The van der Waals surface area contributed by atoms with Crippen molar-refractivity contribution >= 4 is 11.9 Å². The second-order valence-corrected chi connectivity index (χ2v) is 17.2. The van der Waals surface area contributed by atoms with Crippen molar-refractivity contribution < 1.29 is 49.0 Å². The van der Waals surface area contributed by atoms with Crippen LogP contribution in [0.15, 0.2) is 72.9 Å². The quantitative estimate of drug-likeness (QED) is 0.0265. The SMILES string of the molecule is CC/C=C\C/C=C\C/C=C\C/C=C\C/C=C\C/C=C\CCC(=O)OC(COC(=O)CCCCCCCCCCCCCCCCCCCCCC)COC1OC(CO)C(O)C(O)C1O. The average molecular weight is 901 g/mol. The Morgan fingerprint density at radius 2 is 0.922 bits per heavy atom. The van der Waals surface area contributed by atoms with E-state index in [0.29, 0.717) is 6.42 Å². The molecule has 0 aromatic heterocycles. The van der Waals surface area contributed by atoms with Gasteiger partial charge in [-0.05, 0) is 51.4 Å². The van der Waals surface area contributed by atoms with E-state index in [1.807, 2.05) is 12.2 Å². The minimum Gasteiger partial charge on any atom is -0.462 e. The lowest BCUT2D eigenvalue weighted by atomic mass is 9.99. The molecule has 1 aliphatic rings. The Morgan fingerprint density at radius 1 is 0.500 bits per heavy atom. The lowest BCUT2D eigenvalue weighted by Gasteiger charge is -2.39. The van der Waals surface area contributed by atoms with Gasteiger partial charge in [-0.2, -0.15) is 0 Å². The highest BCUT2D eigenvalue weighted by Crippen LogP contribution is 2.23. The molecule has 0 radical (unpaired) electrons. The smallest absolute Gasteiger partial charge is 0.306 e. The molecule has 1 heterocycles. The molecule has 0 aromatic rings. The third-order valence-corrected chi connectivity index (χ3v) is 11.4. The molecule has 1 fully saturated rings. The van der Waals surface area contributed by atoms with Crippen molar-refractivity contribution in [3.63, 3.8) is 0 Å². The number of carbonyl (C=O) groups is 2. The first-order valence-electron chi connectivity index (χ1n) is 25.5. The molecule has 64 heavy (non-hydrogen) atoms. The van der Waals surface area contributed by atoms with Crippen LogP contribution in [-0.4, -0.2) is 89.0 Å². The lowest BCUT2D eigenvalue weighted by molar-refractivity contribution is -0.305. The fraction of sp³-hybridized carbons (Fsp3) is 0.741. The second-order valence-electron chi connectivity index (χ2n) is 17.2. The van der Waals surface area contributed by atoms with Gasteiger partial charge >= 0.3 is 11.9 Å². The molecule has 0 aliphatic carbocycles. The van der Waals surface area contributed by atoms with Crippen LogP contribution in [-0.2, 0) is 28.5 Å². The number of allylic oxidation sites excluding steroid dienone is 12. The highest BCUT2D eigenvalue weighted by atomic mass is 16.7. The molecular formula is C54H92O10. The van der Waals surface area contributed by atoms with Crippen molar-refractivity contribution in [3.8, 4) is 0 Å². The van der Waals surface area contributed by atoms with Gasteiger partial charge in [0.2, 0.25) is 0 Å². The molecule has 10 nitrogen and oxygen atoms in total. The van der Waals surface area contributed by atoms with E-state index in [1.54, 1.807) is 0 Å². The molecule has 6 atom stereocenters. The Balaban J connectivity index is 2.31. The number of rotatable bonds is 42. The van der Waals surface area contributed by atoms with Crippen molar-refractivity contribution in [2.75, 3.05) is 19.8 Å². The van der Waals surface area contributed by atoms with Crippen molar-refractivity contribution in [2.45, 2.75) is 237 Å². The van der Waals surface area contributed by atoms with Gasteiger partial charge < -0.3 is 39.4 Å². The van der Waals surface area contributed by atoms with Crippen LogP contribution in [0.25, 0.3) is 0 Å². The Kier molecular flexibility index (Phi) is 40.7. The fourth-order valence-electron chi connectivity index (χ4n) is 7.39. The molecule has 6 unspecified atom stereocenters. The minimum absolute atomic E-state index is 0.103. The summed E-state index contributed by atoms with van der Waals surface area (Å²) in [5.74, 6) is -0.902. The summed E-state index contributed by atoms with van der Waals surface area (Å²) in [5, 5.41) is 40.2. The first-order valence-corrected chi connectivity index (χ1v) is 25.5. The van der Waals surface area contributed by atoms with Crippen molar-refractivity contribution in [3.05, 3.63) is 72.9 Å². The van der Waals surface area contributed by atoms with Crippen LogP contribution < -0.4 is 0 Å². The number of hydrogen-bond acceptors (Lipinski definition) is 10. The molecule has 0 aromatic carbocycles. The van der Waals surface area contributed by atoms with Gasteiger partial charge in [0.25, 0.3) is 0 Å². The van der Waals surface area contributed by atoms with E-state index in [4.69, 9.17) is 18.9 Å². The number of esters is 2. The standard InChI is InChI=1S/C54H92O10/c1-3-5-7-9-11-13-15-17-19-21-23-25-26-28-30-32-34-36-38-40-42-49(56)61-45-47(46-62-54-53(60)52(59)51(58)48(44-55)64-54)63-50(57)43-41-39-37-35-33-31-29-27-24-22-20-18-16-14-12-10-8-6-4-2/h6,8,12,14,18,20,24,27,31,33,37,39,47-48,51-55,58-60H,3-5,7,9-11,13,15-17,19,21-23,25-26,28-30,32,34-36,38,40-46H2,1-2H3/b8-6-,14-12-,20-18-,27-24-,33-31-,39-37-. The van der Waals surface area contributed by atoms with E-state index in [9.17, 15) is 30.0 Å². The van der Waals surface area contributed by atoms with Gasteiger partial charge in [0.1, 0.15) is 31.0 Å². The lowest BCUT2D eigenvalue weighted by Crippen LogP contribution is -2.59. The maximum absolute atomic E-state index is 12.8. The molecule has 10 heteroatoms. The summed E-state index contributed by atoms with van der Waals surface area (Å²) in [6.07, 6.45) is 49.2. The number of aliphatic hydroxyl groups excluding tert-OH is 4. The molecule has 1 rings (SSSR count). The van der Waals surface area contributed by atoms with Crippen LogP contribution in [0.3, 0.4) is 0 Å². The molecule has 0 saturated carbocycles. The van der Waals surface area contributed by atoms with Gasteiger partial charge in [0.15, 0.2) is 12.4 Å². The zero-order chi connectivity index (χ0) is 46.6. The predicted molar refractivity (Wildman–Crippen MR) is 261 cm³/mol. The Labute approximate surface area is 389 Å².